The van der Waals surface area contributed by atoms with Gasteiger partial charge in [-0.2, -0.15) is 0 Å². The van der Waals surface area contributed by atoms with Crippen molar-refractivity contribution in [3.05, 3.63) is 91.2 Å². The van der Waals surface area contributed by atoms with E-state index in [0.717, 1.165) is 56.7 Å². The molecule has 0 bridgehead atoms. The van der Waals surface area contributed by atoms with Gasteiger partial charge < -0.3 is 0 Å². The van der Waals surface area contributed by atoms with Crippen molar-refractivity contribution >= 4 is 39.4 Å². The number of fused-ring (bicyclic) bond motifs is 2. The minimum Gasteiger partial charge on any atom is -0.260 e. The van der Waals surface area contributed by atoms with Crippen molar-refractivity contribution in [3.8, 4) is 11.4 Å². The summed E-state index contributed by atoms with van der Waals surface area (Å²) in [6.07, 6.45) is 14.0. The smallest absolute Gasteiger partial charge is 0.0894 e. The summed E-state index contributed by atoms with van der Waals surface area (Å²) in [6, 6.07) is 12.0. The summed E-state index contributed by atoms with van der Waals surface area (Å²) in [5.74, 6) is 0. The van der Waals surface area contributed by atoms with Gasteiger partial charge in [-0.25, -0.2) is 9.97 Å². The zero-order chi connectivity index (χ0) is 21.9. The third kappa shape index (κ3) is 3.86. The summed E-state index contributed by atoms with van der Waals surface area (Å²) in [4.78, 5) is 27.2. The third-order valence-electron chi connectivity index (χ3n) is 5.12. The van der Waals surface area contributed by atoms with Gasteiger partial charge in [0.05, 0.1) is 57.6 Å². The van der Waals surface area contributed by atoms with Gasteiger partial charge in [-0.1, -0.05) is 30.9 Å². The van der Waals surface area contributed by atoms with Crippen LogP contribution in [-0.2, 0) is 0 Å². The highest BCUT2D eigenvalue weighted by Crippen LogP contribution is 2.24. The van der Waals surface area contributed by atoms with Crippen LogP contribution >= 0.6 is 0 Å². The van der Waals surface area contributed by atoms with Gasteiger partial charge in [-0.3, -0.25) is 20.0 Å². The summed E-state index contributed by atoms with van der Waals surface area (Å²) in [7, 11) is 0. The van der Waals surface area contributed by atoms with E-state index in [-0.39, 0.29) is 0 Å². The summed E-state index contributed by atoms with van der Waals surface area (Å²) in [5.41, 5.74) is 6.21. The second kappa shape index (κ2) is 8.43. The first-order chi connectivity index (χ1) is 15.7. The molecule has 6 heteroatoms. The predicted molar refractivity (Wildman–Crippen MR) is 131 cm³/mol. The molecule has 0 saturated carbocycles. The van der Waals surface area contributed by atoms with E-state index in [1.807, 2.05) is 61.7 Å². The first-order valence-corrected chi connectivity index (χ1v) is 10.3. The van der Waals surface area contributed by atoms with Gasteiger partial charge in [-0.05, 0) is 43.7 Å². The number of aliphatic imine (C=N–C) groups is 2. The second-order valence-corrected chi connectivity index (χ2v) is 7.29. The number of hydrogen-bond donors (Lipinski definition) is 0. The number of hydrogen-bond acceptors (Lipinski definition) is 6. The fourth-order valence-electron chi connectivity index (χ4n) is 3.50. The van der Waals surface area contributed by atoms with Crippen molar-refractivity contribution in [2.45, 2.75) is 13.3 Å². The number of pyridine rings is 4. The Morgan fingerprint density at radius 2 is 1.62 bits per heavy atom. The molecule has 4 aromatic heterocycles. The lowest BCUT2D eigenvalue weighted by molar-refractivity contribution is 1.24. The normalized spacial score (nSPS) is 13.6. The van der Waals surface area contributed by atoms with Crippen LogP contribution in [-0.4, -0.2) is 31.9 Å². The van der Waals surface area contributed by atoms with Crippen molar-refractivity contribution in [2.75, 3.05) is 0 Å². The molecule has 0 atom stereocenters. The Morgan fingerprint density at radius 1 is 0.906 bits per heavy atom. The van der Waals surface area contributed by atoms with Gasteiger partial charge in [0.25, 0.3) is 0 Å². The Morgan fingerprint density at radius 3 is 2.38 bits per heavy atom. The van der Waals surface area contributed by atoms with E-state index in [0.29, 0.717) is 5.70 Å². The molecule has 5 rings (SSSR count). The van der Waals surface area contributed by atoms with Gasteiger partial charge in [0.2, 0.25) is 0 Å². The molecule has 0 unspecified atom stereocenters. The summed E-state index contributed by atoms with van der Waals surface area (Å²) in [6.45, 7) is 5.80. The van der Waals surface area contributed by atoms with Crippen LogP contribution in [0.1, 0.15) is 24.7 Å². The molecule has 0 amide bonds. The average Bonchev–Trinajstić information content (AvgIpc) is 3.12. The maximum Gasteiger partial charge on any atom is 0.0894 e. The van der Waals surface area contributed by atoms with Gasteiger partial charge in [0.15, 0.2) is 0 Å². The van der Waals surface area contributed by atoms with Crippen LogP contribution in [0.15, 0.2) is 89.8 Å². The highest BCUT2D eigenvalue weighted by atomic mass is 14.8. The van der Waals surface area contributed by atoms with Crippen molar-refractivity contribution in [2.24, 2.45) is 9.98 Å². The van der Waals surface area contributed by atoms with Crippen LogP contribution in [0.4, 0.5) is 0 Å². The summed E-state index contributed by atoms with van der Waals surface area (Å²) < 4.78 is 0. The van der Waals surface area contributed by atoms with E-state index in [2.05, 4.69) is 32.6 Å². The van der Waals surface area contributed by atoms with E-state index in [1.165, 1.54) is 0 Å². The SMILES string of the molecule is C=C(N=CC)c1cc2ccc(-c3ccc4cc(C5=NC=CCC=C5)ncc4n3)nc2cn1. The predicted octanol–water partition coefficient (Wildman–Crippen LogP) is 5.56. The van der Waals surface area contributed by atoms with Crippen LogP contribution in [0.2, 0.25) is 0 Å². The van der Waals surface area contributed by atoms with Crippen molar-refractivity contribution < 1.29 is 0 Å². The minimum atomic E-state index is 0.628. The summed E-state index contributed by atoms with van der Waals surface area (Å²) >= 11 is 0. The molecule has 0 spiro atoms. The largest absolute Gasteiger partial charge is 0.260 e. The molecular formula is C26H20N6. The fourth-order valence-corrected chi connectivity index (χ4v) is 3.50. The number of aromatic nitrogens is 4. The van der Waals surface area contributed by atoms with Crippen molar-refractivity contribution in [3.63, 3.8) is 0 Å². The van der Waals surface area contributed by atoms with Gasteiger partial charge in [0.1, 0.15) is 0 Å². The van der Waals surface area contributed by atoms with Crippen LogP contribution in [0.25, 0.3) is 38.9 Å². The zero-order valence-electron chi connectivity index (χ0n) is 17.6. The zero-order valence-corrected chi connectivity index (χ0v) is 17.6. The second-order valence-electron chi connectivity index (χ2n) is 7.29. The van der Waals surface area contributed by atoms with Crippen LogP contribution < -0.4 is 0 Å². The molecule has 6 nitrogen and oxygen atoms in total. The molecule has 0 N–H and O–H groups in total. The molecule has 4 aromatic rings. The van der Waals surface area contributed by atoms with Crippen LogP contribution in [0.3, 0.4) is 0 Å². The highest BCUT2D eigenvalue weighted by molar-refractivity contribution is 6.09. The van der Waals surface area contributed by atoms with Crippen molar-refractivity contribution in [1.82, 2.24) is 19.9 Å². The molecule has 0 saturated heterocycles. The lowest BCUT2D eigenvalue weighted by Crippen LogP contribution is -2.00. The molecule has 1 aliphatic heterocycles. The maximum atomic E-state index is 4.78. The van der Waals surface area contributed by atoms with Gasteiger partial charge in [0, 0.05) is 23.2 Å². The maximum absolute atomic E-state index is 4.78. The van der Waals surface area contributed by atoms with Crippen LogP contribution in [0.5, 0.6) is 0 Å². The fraction of sp³-hybridized carbons (Fsp3) is 0.0769. The van der Waals surface area contributed by atoms with Crippen molar-refractivity contribution in [1.29, 1.82) is 0 Å². The molecule has 32 heavy (non-hydrogen) atoms. The highest BCUT2D eigenvalue weighted by Gasteiger charge is 2.09. The standard InChI is InChI=1S/C26H20N6/c1-3-27-17(2)23-13-18-8-10-21(31-25(18)15-29-23)22-11-9-19-14-24(30-16-26(19)32-22)20-7-5-4-6-12-28-20/h3,5-16H,2,4H2,1H3. The number of nitrogens with zero attached hydrogens (tertiary/aromatic N) is 6. The Kier molecular flexibility index (Phi) is 5.17. The minimum absolute atomic E-state index is 0.628. The molecule has 5 heterocycles. The first kappa shape index (κ1) is 19.6. The quantitative estimate of drug-likeness (QED) is 0.408. The molecule has 0 fully saturated rings. The average molecular weight is 416 g/mol. The summed E-state index contributed by atoms with van der Waals surface area (Å²) in [5, 5.41) is 1.98. The van der Waals surface area contributed by atoms with E-state index in [1.54, 1.807) is 18.6 Å². The van der Waals surface area contributed by atoms with E-state index in [4.69, 9.17) is 9.97 Å². The monoisotopic (exact) mass is 416 g/mol. The molecular weight excluding hydrogens is 396 g/mol. The lowest BCUT2D eigenvalue weighted by Gasteiger charge is -2.07. The number of allylic oxidation sites excluding steroid dienone is 3. The molecule has 154 valence electrons. The molecule has 0 aliphatic carbocycles. The van der Waals surface area contributed by atoms with Gasteiger partial charge in [-0.15, -0.1) is 0 Å². The first-order valence-electron chi connectivity index (χ1n) is 10.3. The molecule has 1 aliphatic rings. The molecule has 0 radical (unpaired) electrons. The lowest BCUT2D eigenvalue weighted by atomic mass is 10.1. The van der Waals surface area contributed by atoms with Crippen LogP contribution in [0, 0.1) is 0 Å². The Hall–Kier alpha value is -4.32. The molecule has 0 aromatic carbocycles. The topological polar surface area (TPSA) is 76.3 Å². The Balaban J connectivity index is 1.49. The van der Waals surface area contributed by atoms with E-state index < -0.39 is 0 Å². The third-order valence-corrected chi connectivity index (χ3v) is 5.12. The van der Waals surface area contributed by atoms with E-state index >= 15 is 0 Å². The van der Waals surface area contributed by atoms with Gasteiger partial charge >= 0.3 is 0 Å². The Labute approximate surface area is 185 Å². The number of rotatable bonds is 4. The Bertz CT molecular complexity index is 1480. The van der Waals surface area contributed by atoms with E-state index in [9.17, 15) is 0 Å².